The van der Waals surface area contributed by atoms with Gasteiger partial charge in [0.1, 0.15) is 5.69 Å². The number of nitro groups is 1. The number of rotatable bonds is 8. The second kappa shape index (κ2) is 8.98. The van der Waals surface area contributed by atoms with Crippen molar-refractivity contribution >= 4 is 17.3 Å². The van der Waals surface area contributed by atoms with Crippen molar-refractivity contribution in [2.75, 3.05) is 31.1 Å². The van der Waals surface area contributed by atoms with Crippen LogP contribution >= 0.6 is 0 Å². The van der Waals surface area contributed by atoms with Crippen molar-refractivity contribution in [3.63, 3.8) is 0 Å². The maximum atomic E-state index is 12.4. The zero-order valence-corrected chi connectivity index (χ0v) is 16.2. The first-order valence-electron chi connectivity index (χ1n) is 9.38. The fourth-order valence-corrected chi connectivity index (χ4v) is 3.55. The molecule has 0 unspecified atom stereocenters. The fourth-order valence-electron chi connectivity index (χ4n) is 3.55. The van der Waals surface area contributed by atoms with Crippen LogP contribution in [0.2, 0.25) is 0 Å². The summed E-state index contributed by atoms with van der Waals surface area (Å²) in [4.78, 5) is 27.8. The molecule has 1 aliphatic heterocycles. The summed E-state index contributed by atoms with van der Waals surface area (Å²) in [6.07, 6.45) is 2.09. The maximum Gasteiger partial charge on any atom is 0.293 e. The van der Waals surface area contributed by atoms with E-state index < -0.39 is 4.92 Å². The molecule has 0 spiro atoms. The molecule has 1 saturated heterocycles. The summed E-state index contributed by atoms with van der Waals surface area (Å²) in [5, 5.41) is 14.3. The van der Waals surface area contributed by atoms with Crippen LogP contribution in [0.4, 0.5) is 11.4 Å². The van der Waals surface area contributed by atoms with Gasteiger partial charge in [-0.25, -0.2) is 0 Å². The van der Waals surface area contributed by atoms with Crippen molar-refractivity contribution in [1.29, 1.82) is 0 Å². The molecule has 1 amide bonds. The maximum absolute atomic E-state index is 12.4. The molecule has 1 heterocycles. The van der Waals surface area contributed by atoms with Crippen LogP contribution in [0.15, 0.2) is 18.2 Å². The number of benzene rings is 1. The van der Waals surface area contributed by atoms with Crippen molar-refractivity contribution in [3.8, 4) is 0 Å². The van der Waals surface area contributed by atoms with Crippen LogP contribution in [0.3, 0.4) is 0 Å². The molecule has 1 N–H and O–H groups in total. The molecule has 0 aliphatic carbocycles. The number of anilines is 1. The molecule has 1 aliphatic rings. The lowest BCUT2D eigenvalue weighted by molar-refractivity contribution is -0.384. The third-order valence-corrected chi connectivity index (χ3v) is 4.86. The molecule has 7 nitrogen and oxygen atoms in total. The summed E-state index contributed by atoms with van der Waals surface area (Å²) in [7, 11) is 0. The van der Waals surface area contributed by atoms with Gasteiger partial charge in [-0.3, -0.25) is 19.8 Å². The van der Waals surface area contributed by atoms with Gasteiger partial charge in [0.25, 0.3) is 11.6 Å². The number of amides is 1. The van der Waals surface area contributed by atoms with Crippen molar-refractivity contribution in [3.05, 3.63) is 33.9 Å². The highest BCUT2D eigenvalue weighted by Crippen LogP contribution is 2.31. The van der Waals surface area contributed by atoms with Gasteiger partial charge in [-0.2, -0.15) is 0 Å². The highest BCUT2D eigenvalue weighted by Gasteiger charge is 2.24. The van der Waals surface area contributed by atoms with E-state index in [9.17, 15) is 14.9 Å². The Labute approximate surface area is 155 Å². The zero-order valence-electron chi connectivity index (χ0n) is 16.2. The van der Waals surface area contributed by atoms with Crippen molar-refractivity contribution in [1.82, 2.24) is 10.2 Å². The first-order chi connectivity index (χ1) is 12.3. The van der Waals surface area contributed by atoms with Crippen LogP contribution in [-0.4, -0.2) is 54.0 Å². The number of nitro benzene ring substituents is 1. The van der Waals surface area contributed by atoms with Crippen LogP contribution in [-0.2, 0) is 0 Å². The number of carbonyl (C=O) groups is 1. The Bertz CT molecular complexity index is 632. The molecule has 7 heteroatoms. The van der Waals surface area contributed by atoms with Crippen LogP contribution in [0.25, 0.3) is 0 Å². The van der Waals surface area contributed by atoms with E-state index in [2.05, 4.69) is 37.9 Å². The average Bonchev–Trinajstić information content (AvgIpc) is 3.11. The van der Waals surface area contributed by atoms with Gasteiger partial charge < -0.3 is 10.2 Å². The Morgan fingerprint density at radius 2 is 1.85 bits per heavy atom. The van der Waals surface area contributed by atoms with Gasteiger partial charge in [0.2, 0.25) is 0 Å². The van der Waals surface area contributed by atoms with Gasteiger partial charge in [0, 0.05) is 49.9 Å². The Morgan fingerprint density at radius 1 is 1.23 bits per heavy atom. The van der Waals surface area contributed by atoms with Gasteiger partial charge in [-0.05, 0) is 52.7 Å². The topological polar surface area (TPSA) is 78.7 Å². The fraction of sp³-hybridized carbons (Fsp3) is 0.632. The SMILES string of the molecule is CC(C)N(CCNC(=O)c1ccc(N2CCCC2)c([N+](=O)[O-])c1)C(C)C. The lowest BCUT2D eigenvalue weighted by Crippen LogP contribution is -2.42. The lowest BCUT2D eigenvalue weighted by atomic mass is 10.1. The molecule has 1 aromatic carbocycles. The van der Waals surface area contributed by atoms with E-state index in [0.717, 1.165) is 32.5 Å². The summed E-state index contributed by atoms with van der Waals surface area (Å²) in [6.45, 7) is 11.4. The highest BCUT2D eigenvalue weighted by molar-refractivity contribution is 5.95. The van der Waals surface area contributed by atoms with Crippen molar-refractivity contribution in [2.24, 2.45) is 0 Å². The summed E-state index contributed by atoms with van der Waals surface area (Å²) < 4.78 is 0. The molecule has 1 aromatic rings. The van der Waals surface area contributed by atoms with E-state index in [0.29, 0.717) is 29.9 Å². The van der Waals surface area contributed by atoms with Gasteiger partial charge in [0.05, 0.1) is 4.92 Å². The molecule has 0 aromatic heterocycles. The lowest BCUT2D eigenvalue weighted by Gasteiger charge is -2.30. The number of nitrogens with zero attached hydrogens (tertiary/aromatic N) is 3. The van der Waals surface area contributed by atoms with E-state index in [1.54, 1.807) is 12.1 Å². The van der Waals surface area contributed by atoms with Gasteiger partial charge in [-0.1, -0.05) is 0 Å². The minimum absolute atomic E-state index is 0.00513. The van der Waals surface area contributed by atoms with Crippen molar-refractivity contribution in [2.45, 2.75) is 52.6 Å². The van der Waals surface area contributed by atoms with Crippen molar-refractivity contribution < 1.29 is 9.72 Å². The molecule has 26 heavy (non-hydrogen) atoms. The third kappa shape index (κ3) is 4.94. The normalized spacial score (nSPS) is 14.5. The summed E-state index contributed by atoms with van der Waals surface area (Å²) in [5.74, 6) is -0.270. The summed E-state index contributed by atoms with van der Waals surface area (Å²) in [5.41, 5.74) is 0.945. The second-order valence-corrected chi connectivity index (χ2v) is 7.34. The van der Waals surface area contributed by atoms with Gasteiger partial charge >= 0.3 is 0 Å². The van der Waals surface area contributed by atoms with E-state index >= 15 is 0 Å². The number of hydrogen-bond donors (Lipinski definition) is 1. The first-order valence-corrected chi connectivity index (χ1v) is 9.38. The number of nitrogens with one attached hydrogen (secondary N) is 1. The van der Waals surface area contributed by atoms with Crippen LogP contribution < -0.4 is 10.2 Å². The highest BCUT2D eigenvalue weighted by atomic mass is 16.6. The molecule has 1 fully saturated rings. The van der Waals surface area contributed by atoms with Crippen LogP contribution in [0.5, 0.6) is 0 Å². The molecule has 144 valence electrons. The van der Waals surface area contributed by atoms with E-state index in [4.69, 9.17) is 0 Å². The summed E-state index contributed by atoms with van der Waals surface area (Å²) >= 11 is 0. The predicted molar refractivity (Wildman–Crippen MR) is 104 cm³/mol. The van der Waals surface area contributed by atoms with Crippen LogP contribution in [0.1, 0.15) is 50.9 Å². The predicted octanol–water partition coefficient (Wildman–Crippen LogP) is 3.04. The van der Waals surface area contributed by atoms with E-state index in [1.807, 2.05) is 4.90 Å². The zero-order chi connectivity index (χ0) is 19.3. The molecule has 0 bridgehead atoms. The van der Waals surface area contributed by atoms with Gasteiger partial charge in [-0.15, -0.1) is 0 Å². The quantitative estimate of drug-likeness (QED) is 0.568. The average molecular weight is 362 g/mol. The number of carbonyl (C=O) groups excluding carboxylic acids is 1. The molecule has 0 saturated carbocycles. The largest absolute Gasteiger partial charge is 0.366 e. The Morgan fingerprint density at radius 3 is 2.38 bits per heavy atom. The molecular weight excluding hydrogens is 332 g/mol. The molecule has 2 rings (SSSR count). The Kier molecular flexibility index (Phi) is 6.97. The Balaban J connectivity index is 2.04. The Hall–Kier alpha value is -2.15. The second-order valence-electron chi connectivity index (χ2n) is 7.34. The van der Waals surface area contributed by atoms with Crippen LogP contribution in [0, 0.1) is 10.1 Å². The summed E-state index contributed by atoms with van der Waals surface area (Å²) in [6, 6.07) is 5.57. The monoisotopic (exact) mass is 362 g/mol. The van der Waals surface area contributed by atoms with Gasteiger partial charge in [0.15, 0.2) is 0 Å². The molecule has 0 atom stereocenters. The van der Waals surface area contributed by atoms with E-state index in [1.165, 1.54) is 6.07 Å². The standard InChI is InChI=1S/C19H30N4O3/c1-14(2)22(15(3)4)12-9-20-19(24)16-7-8-17(18(13-16)23(25)26)21-10-5-6-11-21/h7-8,13-15H,5-6,9-12H2,1-4H3,(H,20,24). The number of hydrogen-bond acceptors (Lipinski definition) is 5. The third-order valence-electron chi connectivity index (χ3n) is 4.86. The molecule has 0 radical (unpaired) electrons. The first kappa shape index (κ1) is 20.2. The minimum Gasteiger partial charge on any atom is -0.366 e. The van der Waals surface area contributed by atoms with E-state index in [-0.39, 0.29) is 11.6 Å². The molecular formula is C19H30N4O3. The minimum atomic E-state index is -0.399. The smallest absolute Gasteiger partial charge is 0.293 e.